The van der Waals surface area contributed by atoms with Gasteiger partial charge in [-0.1, -0.05) is 12.2 Å². The van der Waals surface area contributed by atoms with Crippen molar-refractivity contribution in [3.05, 3.63) is 30.0 Å². The lowest BCUT2D eigenvalue weighted by Crippen LogP contribution is -2.19. The molecule has 0 bridgehead atoms. The highest BCUT2D eigenvalue weighted by atomic mass is 19.4. The van der Waals surface area contributed by atoms with Crippen molar-refractivity contribution in [1.82, 2.24) is 4.98 Å². The summed E-state index contributed by atoms with van der Waals surface area (Å²) in [5.74, 6) is -0.580. The number of nitrogens with zero attached hydrogens (tertiary/aromatic N) is 1. The minimum Gasteiger partial charge on any atom is -0.468 e. The summed E-state index contributed by atoms with van der Waals surface area (Å²) in [7, 11) is 0. The molecule has 0 spiro atoms. The minimum absolute atomic E-state index is 0.0896. The Morgan fingerprint density at radius 1 is 1.44 bits per heavy atom. The van der Waals surface area contributed by atoms with Crippen molar-refractivity contribution in [2.45, 2.75) is 12.6 Å². The number of rotatable bonds is 5. The zero-order chi connectivity index (χ0) is 13.6. The molecule has 0 fully saturated rings. The fourth-order valence-corrected chi connectivity index (χ4v) is 1.04. The van der Waals surface area contributed by atoms with Crippen molar-refractivity contribution in [1.29, 1.82) is 0 Å². The van der Waals surface area contributed by atoms with Gasteiger partial charge in [-0.15, -0.1) is 0 Å². The van der Waals surface area contributed by atoms with Crippen LogP contribution in [0.3, 0.4) is 0 Å². The van der Waals surface area contributed by atoms with Crippen molar-refractivity contribution in [3.8, 4) is 5.88 Å². The van der Waals surface area contributed by atoms with E-state index in [2.05, 4.69) is 9.72 Å². The Hall–Kier alpha value is -2.05. The molecule has 18 heavy (non-hydrogen) atoms. The van der Waals surface area contributed by atoms with Gasteiger partial charge < -0.3 is 10.5 Å². The Kier molecular flexibility index (Phi) is 4.70. The van der Waals surface area contributed by atoms with Crippen LogP contribution in [0.15, 0.2) is 24.4 Å². The molecule has 0 aliphatic carbocycles. The van der Waals surface area contributed by atoms with E-state index in [9.17, 15) is 18.0 Å². The van der Waals surface area contributed by atoms with Gasteiger partial charge in [0.2, 0.25) is 11.8 Å². The van der Waals surface area contributed by atoms with Gasteiger partial charge in [-0.2, -0.15) is 13.2 Å². The number of carbonyl (C=O) groups excluding carboxylic acids is 1. The molecule has 0 saturated heterocycles. The molecule has 1 rings (SSSR count). The topological polar surface area (TPSA) is 65.2 Å². The molecule has 0 atom stereocenters. The van der Waals surface area contributed by atoms with Gasteiger partial charge >= 0.3 is 6.18 Å². The molecular weight excluding hydrogens is 249 g/mol. The lowest BCUT2D eigenvalue weighted by molar-refractivity contribution is -0.154. The molecule has 1 aromatic rings. The molecule has 0 unspecified atom stereocenters. The Bertz CT molecular complexity index is 427. The Morgan fingerprint density at radius 2 is 2.17 bits per heavy atom. The molecule has 0 aliphatic rings. The molecular formula is C11H11F3N2O2. The molecule has 98 valence electrons. The van der Waals surface area contributed by atoms with Crippen LogP contribution in [-0.2, 0) is 4.79 Å². The number of amides is 1. The van der Waals surface area contributed by atoms with E-state index in [1.165, 1.54) is 24.4 Å². The van der Waals surface area contributed by atoms with E-state index >= 15 is 0 Å². The molecule has 0 aromatic carbocycles. The highest BCUT2D eigenvalue weighted by molar-refractivity contribution is 5.76. The number of aromatic nitrogens is 1. The first-order valence-corrected chi connectivity index (χ1v) is 4.97. The van der Waals surface area contributed by atoms with E-state index in [-0.39, 0.29) is 12.3 Å². The van der Waals surface area contributed by atoms with Crippen LogP contribution < -0.4 is 10.5 Å². The summed E-state index contributed by atoms with van der Waals surface area (Å²) < 4.78 is 40.0. The monoisotopic (exact) mass is 260 g/mol. The first-order valence-electron chi connectivity index (χ1n) is 4.97. The van der Waals surface area contributed by atoms with Crippen molar-refractivity contribution in [2.24, 2.45) is 5.73 Å². The third kappa shape index (κ3) is 5.88. The second-order valence-electron chi connectivity index (χ2n) is 3.41. The molecule has 7 heteroatoms. The smallest absolute Gasteiger partial charge is 0.422 e. The Labute approximate surface area is 101 Å². The molecule has 1 heterocycles. The quantitative estimate of drug-likeness (QED) is 0.879. The average Bonchev–Trinajstić information content (AvgIpc) is 2.26. The number of nitrogens with two attached hydrogens (primary N) is 1. The van der Waals surface area contributed by atoms with E-state index in [0.717, 1.165) is 0 Å². The first-order chi connectivity index (χ1) is 8.37. The van der Waals surface area contributed by atoms with Crippen LogP contribution in [0.2, 0.25) is 0 Å². The fraction of sp³-hybridized carbons (Fsp3) is 0.273. The maximum atomic E-state index is 11.9. The normalized spacial score (nSPS) is 11.7. The van der Waals surface area contributed by atoms with Gasteiger partial charge in [0, 0.05) is 18.7 Å². The molecule has 1 aromatic heterocycles. The first kappa shape index (κ1) is 14.0. The van der Waals surface area contributed by atoms with Gasteiger partial charge in [0.15, 0.2) is 6.61 Å². The standard InChI is InChI=1S/C11H11F3N2O2/c12-11(13,14)7-18-10-5-4-8(6-16-10)2-1-3-9(15)17/h1-2,4-6H,3,7H2,(H2,15,17). The summed E-state index contributed by atoms with van der Waals surface area (Å²) in [4.78, 5) is 14.1. The van der Waals surface area contributed by atoms with Crippen LogP contribution in [0.4, 0.5) is 13.2 Å². The number of halogens is 3. The Morgan fingerprint density at radius 3 is 2.67 bits per heavy atom. The minimum atomic E-state index is -4.39. The number of alkyl halides is 3. The number of ether oxygens (including phenoxy) is 1. The molecule has 0 radical (unpaired) electrons. The van der Waals surface area contributed by atoms with Crippen molar-refractivity contribution in [3.63, 3.8) is 0 Å². The lowest BCUT2D eigenvalue weighted by atomic mass is 10.2. The zero-order valence-electron chi connectivity index (χ0n) is 9.28. The second kappa shape index (κ2) is 6.04. The van der Waals surface area contributed by atoms with E-state index in [1.54, 1.807) is 6.08 Å². The average molecular weight is 260 g/mol. The van der Waals surface area contributed by atoms with Gasteiger partial charge in [-0.3, -0.25) is 4.79 Å². The lowest BCUT2D eigenvalue weighted by Gasteiger charge is -2.07. The third-order valence-electron chi connectivity index (χ3n) is 1.77. The van der Waals surface area contributed by atoms with Crippen molar-refractivity contribution < 1.29 is 22.7 Å². The summed E-state index contributed by atoms with van der Waals surface area (Å²) in [5, 5.41) is 0. The predicted molar refractivity (Wildman–Crippen MR) is 58.6 cm³/mol. The van der Waals surface area contributed by atoms with Gasteiger partial charge in [0.05, 0.1) is 0 Å². The number of hydrogen-bond acceptors (Lipinski definition) is 3. The van der Waals surface area contributed by atoms with Gasteiger partial charge in [-0.25, -0.2) is 4.98 Å². The van der Waals surface area contributed by atoms with Crippen molar-refractivity contribution in [2.75, 3.05) is 6.61 Å². The van der Waals surface area contributed by atoms with E-state index in [1.807, 2.05) is 0 Å². The van der Waals surface area contributed by atoms with Crippen LogP contribution in [0.5, 0.6) is 5.88 Å². The molecule has 1 amide bonds. The van der Waals surface area contributed by atoms with Crippen molar-refractivity contribution >= 4 is 12.0 Å². The summed E-state index contributed by atoms with van der Waals surface area (Å²) in [6.45, 7) is -1.38. The predicted octanol–water partition coefficient (Wildman–Crippen LogP) is 1.91. The second-order valence-corrected chi connectivity index (χ2v) is 3.41. The number of carbonyl (C=O) groups is 1. The summed E-state index contributed by atoms with van der Waals surface area (Å²) >= 11 is 0. The summed E-state index contributed by atoms with van der Waals surface area (Å²) in [6, 6.07) is 2.84. The number of pyridine rings is 1. The highest BCUT2D eigenvalue weighted by Crippen LogP contribution is 2.17. The number of hydrogen-bond donors (Lipinski definition) is 1. The molecule has 4 nitrogen and oxygen atoms in total. The van der Waals surface area contributed by atoms with Crippen LogP contribution in [0.25, 0.3) is 6.08 Å². The van der Waals surface area contributed by atoms with Crippen LogP contribution in [0.1, 0.15) is 12.0 Å². The fourth-order valence-electron chi connectivity index (χ4n) is 1.04. The van der Waals surface area contributed by atoms with E-state index in [4.69, 9.17) is 5.73 Å². The molecule has 2 N–H and O–H groups in total. The SMILES string of the molecule is NC(=O)CC=Cc1ccc(OCC(F)(F)F)nc1. The highest BCUT2D eigenvalue weighted by Gasteiger charge is 2.28. The van der Waals surface area contributed by atoms with Crippen LogP contribution >= 0.6 is 0 Å². The maximum absolute atomic E-state index is 11.9. The summed E-state index contributed by atoms with van der Waals surface area (Å²) in [6.07, 6.45) is 0.165. The number of primary amides is 1. The maximum Gasteiger partial charge on any atom is 0.422 e. The summed E-state index contributed by atoms with van der Waals surface area (Å²) in [5.41, 5.74) is 5.56. The van der Waals surface area contributed by atoms with Crippen LogP contribution in [-0.4, -0.2) is 23.7 Å². The molecule has 0 aliphatic heterocycles. The van der Waals surface area contributed by atoms with Gasteiger partial charge in [-0.05, 0) is 11.6 Å². The third-order valence-corrected chi connectivity index (χ3v) is 1.77. The van der Waals surface area contributed by atoms with Gasteiger partial charge in [0.25, 0.3) is 0 Å². The zero-order valence-corrected chi connectivity index (χ0v) is 9.28. The Balaban J connectivity index is 2.52. The van der Waals surface area contributed by atoms with E-state index in [0.29, 0.717) is 5.56 Å². The molecule has 0 saturated carbocycles. The van der Waals surface area contributed by atoms with Crippen LogP contribution in [0, 0.1) is 0 Å². The van der Waals surface area contributed by atoms with Gasteiger partial charge in [0.1, 0.15) is 0 Å². The van der Waals surface area contributed by atoms with E-state index < -0.39 is 18.7 Å². The largest absolute Gasteiger partial charge is 0.468 e.